The predicted octanol–water partition coefficient (Wildman–Crippen LogP) is 6.17. The van der Waals surface area contributed by atoms with E-state index in [2.05, 4.69) is 102 Å². The third-order valence-corrected chi connectivity index (χ3v) is 5.94. The van der Waals surface area contributed by atoms with Crippen molar-refractivity contribution in [3.8, 4) is 0 Å². The molecule has 1 aromatic heterocycles. The predicted molar refractivity (Wildman–Crippen MR) is 109 cm³/mol. The van der Waals surface area contributed by atoms with E-state index in [1.54, 1.807) is 0 Å². The maximum Gasteiger partial charge on any atom is 0.0954 e. The molecule has 0 unspecified atom stereocenters. The van der Waals surface area contributed by atoms with Crippen LogP contribution in [0.2, 0.25) is 0 Å². The highest BCUT2D eigenvalue weighted by molar-refractivity contribution is 8.00. The zero-order valence-electron chi connectivity index (χ0n) is 14.3. The zero-order valence-corrected chi connectivity index (χ0v) is 15.1. The standard InChI is InChI=1S/C24H19NS/c1-4-11-20(12-5-1)24(21-13-6-2-7-14-21,22-15-8-3-9-16-22)26-23-17-10-18-25-19-23/h1-19H. The number of nitrogens with zero attached hydrogens (tertiary/aromatic N) is 1. The van der Waals surface area contributed by atoms with Gasteiger partial charge in [0.2, 0.25) is 0 Å². The van der Waals surface area contributed by atoms with Gasteiger partial charge in [-0.3, -0.25) is 4.98 Å². The molecule has 0 N–H and O–H groups in total. The number of aromatic nitrogens is 1. The number of pyridine rings is 1. The van der Waals surface area contributed by atoms with Crippen LogP contribution in [0, 0.1) is 0 Å². The van der Waals surface area contributed by atoms with Gasteiger partial charge in [0.25, 0.3) is 0 Å². The van der Waals surface area contributed by atoms with Crippen LogP contribution < -0.4 is 0 Å². The summed E-state index contributed by atoms with van der Waals surface area (Å²) < 4.78 is -0.340. The van der Waals surface area contributed by atoms with Crippen molar-refractivity contribution in [3.63, 3.8) is 0 Å². The minimum atomic E-state index is -0.340. The molecule has 0 spiro atoms. The molecule has 0 radical (unpaired) electrons. The first kappa shape index (κ1) is 16.6. The van der Waals surface area contributed by atoms with Gasteiger partial charge in [-0.2, -0.15) is 0 Å². The van der Waals surface area contributed by atoms with Crippen molar-refractivity contribution in [3.05, 3.63) is 132 Å². The molecule has 26 heavy (non-hydrogen) atoms. The highest BCUT2D eigenvalue weighted by Crippen LogP contribution is 2.51. The van der Waals surface area contributed by atoms with Gasteiger partial charge in [0.15, 0.2) is 0 Å². The molecule has 2 heteroatoms. The largest absolute Gasteiger partial charge is 0.264 e. The third-order valence-electron chi connectivity index (χ3n) is 4.45. The van der Waals surface area contributed by atoms with Crippen molar-refractivity contribution in [2.75, 3.05) is 0 Å². The molecule has 0 saturated heterocycles. The van der Waals surface area contributed by atoms with Crippen LogP contribution in [0.5, 0.6) is 0 Å². The lowest BCUT2D eigenvalue weighted by molar-refractivity contribution is 0.893. The highest BCUT2D eigenvalue weighted by Gasteiger charge is 2.37. The quantitative estimate of drug-likeness (QED) is 0.314. The SMILES string of the molecule is c1ccc(C(Sc2cccnc2)(c2ccccc2)c2ccccc2)cc1. The first-order valence-corrected chi connectivity index (χ1v) is 9.47. The first-order chi connectivity index (χ1) is 12.9. The van der Waals surface area contributed by atoms with Crippen molar-refractivity contribution in [1.29, 1.82) is 0 Å². The van der Waals surface area contributed by atoms with E-state index in [4.69, 9.17) is 0 Å². The van der Waals surface area contributed by atoms with Crippen molar-refractivity contribution in [2.24, 2.45) is 0 Å². The second-order valence-corrected chi connectivity index (χ2v) is 7.36. The fraction of sp³-hybridized carbons (Fsp3) is 0.0417. The average molecular weight is 353 g/mol. The fourth-order valence-electron chi connectivity index (χ4n) is 3.28. The summed E-state index contributed by atoms with van der Waals surface area (Å²) in [5.74, 6) is 0. The monoisotopic (exact) mass is 353 g/mol. The number of rotatable bonds is 5. The summed E-state index contributed by atoms with van der Waals surface area (Å²) in [5.41, 5.74) is 3.77. The lowest BCUT2D eigenvalue weighted by atomic mass is 9.84. The van der Waals surface area contributed by atoms with Crippen LogP contribution in [-0.2, 0) is 4.75 Å². The van der Waals surface area contributed by atoms with Gasteiger partial charge >= 0.3 is 0 Å². The van der Waals surface area contributed by atoms with E-state index in [0.29, 0.717) is 0 Å². The summed E-state index contributed by atoms with van der Waals surface area (Å²) in [6, 6.07) is 36.3. The zero-order chi connectivity index (χ0) is 17.7. The minimum absolute atomic E-state index is 0.340. The van der Waals surface area contributed by atoms with Gasteiger partial charge in [-0.05, 0) is 28.8 Å². The number of benzene rings is 3. The molecule has 0 amide bonds. The summed E-state index contributed by atoms with van der Waals surface area (Å²) in [7, 11) is 0. The number of thioether (sulfide) groups is 1. The second-order valence-electron chi connectivity index (χ2n) is 6.07. The minimum Gasteiger partial charge on any atom is -0.264 e. The topological polar surface area (TPSA) is 12.9 Å². The molecule has 0 aliphatic carbocycles. The maximum absolute atomic E-state index is 4.33. The molecule has 0 saturated carbocycles. The van der Waals surface area contributed by atoms with E-state index in [0.717, 1.165) is 4.90 Å². The lowest BCUT2D eigenvalue weighted by Crippen LogP contribution is -2.25. The second kappa shape index (κ2) is 7.59. The van der Waals surface area contributed by atoms with Crippen molar-refractivity contribution < 1.29 is 0 Å². The van der Waals surface area contributed by atoms with E-state index in [9.17, 15) is 0 Å². The van der Waals surface area contributed by atoms with Crippen LogP contribution in [0.1, 0.15) is 16.7 Å². The van der Waals surface area contributed by atoms with E-state index in [1.807, 2.05) is 30.2 Å². The maximum atomic E-state index is 4.33. The Morgan fingerprint density at radius 3 is 1.38 bits per heavy atom. The molecule has 1 nitrogen and oxygen atoms in total. The van der Waals surface area contributed by atoms with Gasteiger partial charge in [-0.1, -0.05) is 91.0 Å². The Morgan fingerprint density at radius 2 is 1.00 bits per heavy atom. The van der Waals surface area contributed by atoms with Crippen LogP contribution >= 0.6 is 11.8 Å². The van der Waals surface area contributed by atoms with Gasteiger partial charge < -0.3 is 0 Å². The fourth-order valence-corrected chi connectivity index (χ4v) is 4.66. The highest BCUT2D eigenvalue weighted by atomic mass is 32.2. The van der Waals surface area contributed by atoms with Crippen LogP contribution in [0.15, 0.2) is 120 Å². The molecular formula is C24H19NS. The summed E-state index contributed by atoms with van der Waals surface area (Å²) in [6.45, 7) is 0. The van der Waals surface area contributed by atoms with Crippen LogP contribution in [0.4, 0.5) is 0 Å². The van der Waals surface area contributed by atoms with Crippen molar-refractivity contribution >= 4 is 11.8 Å². The Labute approximate surface area is 158 Å². The van der Waals surface area contributed by atoms with Gasteiger partial charge in [-0.15, -0.1) is 11.8 Å². The average Bonchev–Trinajstić information content (AvgIpc) is 2.75. The summed E-state index contributed by atoms with van der Waals surface area (Å²) in [4.78, 5) is 5.47. The van der Waals surface area contributed by atoms with E-state index in [-0.39, 0.29) is 4.75 Å². The molecule has 4 rings (SSSR count). The van der Waals surface area contributed by atoms with Gasteiger partial charge in [-0.25, -0.2) is 0 Å². The van der Waals surface area contributed by atoms with Crippen LogP contribution in [0.25, 0.3) is 0 Å². The number of hydrogen-bond acceptors (Lipinski definition) is 2. The Bertz CT molecular complexity index is 842. The van der Waals surface area contributed by atoms with Gasteiger partial charge in [0.1, 0.15) is 0 Å². The molecule has 1 heterocycles. The van der Waals surface area contributed by atoms with E-state index < -0.39 is 0 Å². The summed E-state index contributed by atoms with van der Waals surface area (Å²) in [6.07, 6.45) is 3.76. The molecule has 0 aliphatic heterocycles. The Balaban J connectivity index is 2.00. The van der Waals surface area contributed by atoms with E-state index in [1.165, 1.54) is 16.7 Å². The van der Waals surface area contributed by atoms with Crippen LogP contribution in [0.3, 0.4) is 0 Å². The normalized spacial score (nSPS) is 11.2. The molecule has 0 aliphatic rings. The molecule has 0 fully saturated rings. The molecule has 3 aromatic carbocycles. The van der Waals surface area contributed by atoms with E-state index >= 15 is 0 Å². The Hall–Kier alpha value is -2.84. The summed E-state index contributed by atoms with van der Waals surface area (Å²) >= 11 is 1.83. The third kappa shape index (κ3) is 3.16. The molecule has 0 atom stereocenters. The molecule has 126 valence electrons. The smallest absolute Gasteiger partial charge is 0.0954 e. The Morgan fingerprint density at radius 1 is 0.538 bits per heavy atom. The number of hydrogen-bond donors (Lipinski definition) is 0. The molecular weight excluding hydrogens is 334 g/mol. The lowest BCUT2D eigenvalue weighted by Gasteiger charge is -2.35. The van der Waals surface area contributed by atoms with Crippen molar-refractivity contribution in [1.82, 2.24) is 4.98 Å². The molecule has 4 aromatic rings. The first-order valence-electron chi connectivity index (χ1n) is 8.65. The van der Waals surface area contributed by atoms with Gasteiger partial charge in [0, 0.05) is 17.3 Å². The van der Waals surface area contributed by atoms with Crippen molar-refractivity contribution in [2.45, 2.75) is 9.64 Å². The Kier molecular flexibility index (Phi) is 4.85. The van der Waals surface area contributed by atoms with Gasteiger partial charge in [0.05, 0.1) is 4.75 Å². The van der Waals surface area contributed by atoms with Crippen LogP contribution in [-0.4, -0.2) is 4.98 Å². The summed E-state index contributed by atoms with van der Waals surface area (Å²) in [5, 5.41) is 0. The molecule has 0 bridgehead atoms.